The van der Waals surface area contributed by atoms with E-state index in [-0.39, 0.29) is 5.69 Å². The minimum atomic E-state index is -4.61. The highest BCUT2D eigenvalue weighted by molar-refractivity contribution is 6.08. The molecule has 1 aliphatic rings. The zero-order valence-electron chi connectivity index (χ0n) is 18.7. The van der Waals surface area contributed by atoms with E-state index >= 15 is 0 Å². The summed E-state index contributed by atoms with van der Waals surface area (Å²) in [6, 6.07) is 11.0. The molecular formula is C24H20F3N5O3. The molecule has 8 nitrogen and oxygen atoms in total. The van der Waals surface area contributed by atoms with Gasteiger partial charge in [0, 0.05) is 18.3 Å². The molecule has 1 aliphatic heterocycles. The lowest BCUT2D eigenvalue weighted by Gasteiger charge is -2.42. The Morgan fingerprint density at radius 3 is 2.40 bits per heavy atom. The van der Waals surface area contributed by atoms with Crippen molar-refractivity contribution in [1.29, 1.82) is 5.26 Å². The van der Waals surface area contributed by atoms with Crippen LogP contribution in [0, 0.1) is 11.3 Å². The molecule has 11 heteroatoms. The smallest absolute Gasteiger partial charge is 0.392 e. The first kappa shape index (κ1) is 24.0. The Morgan fingerprint density at radius 1 is 1.11 bits per heavy atom. The highest BCUT2D eigenvalue weighted by Crippen LogP contribution is 2.38. The van der Waals surface area contributed by atoms with Crippen molar-refractivity contribution >= 4 is 17.6 Å². The van der Waals surface area contributed by atoms with Gasteiger partial charge in [0.1, 0.15) is 5.92 Å². The normalized spacial score (nSPS) is 18.7. The molecule has 0 bridgehead atoms. The van der Waals surface area contributed by atoms with Crippen LogP contribution in [0.3, 0.4) is 0 Å². The number of benzene rings is 2. The number of anilines is 1. The third kappa shape index (κ3) is 4.13. The van der Waals surface area contributed by atoms with Crippen LogP contribution in [0.4, 0.5) is 23.7 Å². The Hall–Kier alpha value is -4.17. The quantitative estimate of drug-likeness (QED) is 0.608. The molecule has 2 heterocycles. The summed E-state index contributed by atoms with van der Waals surface area (Å²) in [4.78, 5) is 28.4. The maximum absolute atomic E-state index is 13.3. The number of amides is 3. The predicted molar refractivity (Wildman–Crippen MR) is 118 cm³/mol. The molecule has 0 aliphatic carbocycles. The van der Waals surface area contributed by atoms with Gasteiger partial charge in [0.05, 0.1) is 47.4 Å². The number of imide groups is 1. The second-order valence-corrected chi connectivity index (χ2v) is 8.10. The van der Waals surface area contributed by atoms with Crippen LogP contribution < -0.4 is 4.90 Å². The first-order chi connectivity index (χ1) is 16.6. The highest BCUT2D eigenvalue weighted by Gasteiger charge is 2.46. The monoisotopic (exact) mass is 483 g/mol. The van der Waals surface area contributed by atoms with Crippen molar-refractivity contribution in [3.05, 3.63) is 77.1 Å². The Morgan fingerprint density at radius 2 is 1.80 bits per heavy atom. The van der Waals surface area contributed by atoms with E-state index in [9.17, 15) is 27.9 Å². The number of aliphatic hydroxyl groups excluding tert-OH is 1. The molecule has 0 saturated carbocycles. The molecular weight excluding hydrogens is 463 g/mol. The lowest BCUT2D eigenvalue weighted by molar-refractivity contribution is -0.137. The molecule has 3 amide bonds. The minimum Gasteiger partial charge on any atom is -0.392 e. The number of halogens is 3. The largest absolute Gasteiger partial charge is 0.416 e. The molecule has 0 radical (unpaired) electrons. The van der Waals surface area contributed by atoms with Crippen molar-refractivity contribution in [3.63, 3.8) is 0 Å². The van der Waals surface area contributed by atoms with E-state index in [0.717, 1.165) is 21.9 Å². The van der Waals surface area contributed by atoms with Gasteiger partial charge in [-0.1, -0.05) is 6.07 Å². The van der Waals surface area contributed by atoms with Gasteiger partial charge in [-0.05, 0) is 49.4 Å². The number of nitrogens with zero attached hydrogens (tertiary/aromatic N) is 5. The van der Waals surface area contributed by atoms with Crippen LogP contribution in [0.25, 0.3) is 5.69 Å². The van der Waals surface area contributed by atoms with Crippen LogP contribution in [0.2, 0.25) is 0 Å². The second kappa shape index (κ2) is 8.88. The van der Waals surface area contributed by atoms with Crippen LogP contribution in [0.5, 0.6) is 0 Å². The lowest BCUT2D eigenvalue weighted by atomic mass is 9.89. The fraction of sp³-hybridized carbons (Fsp3) is 0.250. The summed E-state index contributed by atoms with van der Waals surface area (Å²) in [5.74, 6) is -1.64. The molecule has 2 atom stereocenters. The number of alkyl halides is 3. The van der Waals surface area contributed by atoms with Crippen LogP contribution in [-0.2, 0) is 17.6 Å². The van der Waals surface area contributed by atoms with Crippen LogP contribution in [0.15, 0.2) is 54.7 Å². The first-order valence-corrected chi connectivity index (χ1v) is 10.5. The van der Waals surface area contributed by atoms with E-state index in [1.54, 1.807) is 31.2 Å². The summed E-state index contributed by atoms with van der Waals surface area (Å²) in [7, 11) is 1.26. The van der Waals surface area contributed by atoms with E-state index in [1.807, 2.05) is 6.07 Å². The number of carbonyl (C=O) groups is 2. The van der Waals surface area contributed by atoms with Crippen molar-refractivity contribution in [2.45, 2.75) is 31.7 Å². The van der Waals surface area contributed by atoms with Crippen molar-refractivity contribution in [3.8, 4) is 11.8 Å². The van der Waals surface area contributed by atoms with Gasteiger partial charge in [0.25, 0.3) is 0 Å². The average molecular weight is 483 g/mol. The summed E-state index contributed by atoms with van der Waals surface area (Å²) in [5, 5.41) is 23.3. The topological polar surface area (TPSA) is 102 Å². The number of aliphatic hydroxyl groups is 1. The number of carbonyl (C=O) groups excluding carboxylic acids is 2. The van der Waals surface area contributed by atoms with E-state index < -0.39 is 42.2 Å². The highest BCUT2D eigenvalue weighted by atomic mass is 19.4. The molecule has 1 saturated heterocycles. The number of urea groups is 1. The molecule has 35 heavy (non-hydrogen) atoms. The third-order valence-electron chi connectivity index (χ3n) is 6.02. The average Bonchev–Trinajstić information content (AvgIpc) is 3.26. The van der Waals surface area contributed by atoms with E-state index in [4.69, 9.17) is 5.26 Å². The second-order valence-electron chi connectivity index (χ2n) is 8.10. The van der Waals surface area contributed by atoms with Crippen molar-refractivity contribution in [2.75, 3.05) is 11.9 Å². The SMILES string of the molecule is CC1C(c2c(CO)cnn2-c2ccc(C#N)cc2)C(=O)N(C)C(=O)N1c1cccc(C(F)(F)F)c1. The fourth-order valence-corrected chi connectivity index (χ4v) is 4.25. The first-order valence-electron chi connectivity index (χ1n) is 10.5. The van der Waals surface area contributed by atoms with E-state index in [1.165, 1.54) is 30.1 Å². The van der Waals surface area contributed by atoms with Crippen LogP contribution in [-0.4, -0.2) is 44.8 Å². The van der Waals surface area contributed by atoms with Crippen LogP contribution >= 0.6 is 0 Å². The molecule has 0 spiro atoms. The Bertz CT molecular complexity index is 1330. The number of rotatable bonds is 4. The fourth-order valence-electron chi connectivity index (χ4n) is 4.25. The molecule has 3 aromatic rings. The van der Waals surface area contributed by atoms with Gasteiger partial charge in [-0.2, -0.15) is 23.5 Å². The number of hydrogen-bond acceptors (Lipinski definition) is 5. The number of aromatic nitrogens is 2. The summed E-state index contributed by atoms with van der Waals surface area (Å²) in [6.45, 7) is 1.11. The molecule has 4 rings (SSSR count). The predicted octanol–water partition coefficient (Wildman–Crippen LogP) is 3.83. The summed E-state index contributed by atoms with van der Waals surface area (Å²) in [6.07, 6.45) is -3.23. The van der Waals surface area contributed by atoms with E-state index in [0.29, 0.717) is 22.5 Å². The van der Waals surface area contributed by atoms with Gasteiger partial charge in [-0.3, -0.25) is 14.6 Å². The maximum Gasteiger partial charge on any atom is 0.416 e. The molecule has 2 aromatic carbocycles. The number of nitriles is 1. The minimum absolute atomic E-state index is 0.0170. The van der Waals surface area contributed by atoms with E-state index in [2.05, 4.69) is 5.10 Å². The lowest BCUT2D eigenvalue weighted by Crippen LogP contribution is -2.59. The zero-order chi connectivity index (χ0) is 25.5. The molecule has 1 N–H and O–H groups in total. The van der Waals surface area contributed by atoms with Gasteiger partial charge in [0.2, 0.25) is 5.91 Å². The summed E-state index contributed by atoms with van der Waals surface area (Å²) in [5.41, 5.74) is 0.593. The van der Waals surface area contributed by atoms with Crippen LogP contribution in [0.1, 0.15) is 35.2 Å². The van der Waals surface area contributed by atoms with Crippen molar-refractivity contribution < 1.29 is 27.9 Å². The molecule has 1 aromatic heterocycles. The molecule has 1 fully saturated rings. The summed E-state index contributed by atoms with van der Waals surface area (Å²) >= 11 is 0. The number of likely N-dealkylation sites (N-methyl/N-ethyl adjacent to an activating group) is 1. The van der Waals surface area contributed by atoms with Gasteiger partial charge in [0.15, 0.2) is 0 Å². The van der Waals surface area contributed by atoms with Crippen molar-refractivity contribution in [2.24, 2.45) is 0 Å². The molecule has 2 unspecified atom stereocenters. The van der Waals surface area contributed by atoms with Crippen molar-refractivity contribution in [1.82, 2.24) is 14.7 Å². The molecule has 180 valence electrons. The van der Waals surface area contributed by atoms with Gasteiger partial charge >= 0.3 is 12.2 Å². The summed E-state index contributed by atoms with van der Waals surface area (Å²) < 4.78 is 41.4. The number of hydrogen-bond donors (Lipinski definition) is 1. The Balaban J connectivity index is 1.85. The Labute approximate surface area is 198 Å². The van der Waals surface area contributed by atoms with Gasteiger partial charge in [-0.15, -0.1) is 0 Å². The van der Waals surface area contributed by atoms with Gasteiger partial charge < -0.3 is 5.11 Å². The Kier molecular flexibility index (Phi) is 6.08. The standard InChI is InChI=1S/C24H20F3N5O3/c1-14-20(21-16(13-33)12-29-32(21)18-8-6-15(11-28)7-9-18)22(34)30(2)23(35)31(14)19-5-3-4-17(10-19)24(25,26)27/h3-10,12,14,20,33H,13H2,1-2H3. The van der Waals surface area contributed by atoms with Gasteiger partial charge in [-0.25, -0.2) is 9.48 Å². The zero-order valence-corrected chi connectivity index (χ0v) is 18.7. The maximum atomic E-state index is 13.3. The third-order valence-corrected chi connectivity index (χ3v) is 6.02.